The van der Waals surface area contributed by atoms with Gasteiger partial charge in [-0.15, -0.1) is 0 Å². The van der Waals surface area contributed by atoms with E-state index in [4.69, 9.17) is 14.2 Å². The van der Waals surface area contributed by atoms with Gasteiger partial charge in [-0.05, 0) is 62.5 Å². The van der Waals surface area contributed by atoms with Crippen molar-refractivity contribution in [2.45, 2.75) is 18.6 Å². The summed E-state index contributed by atoms with van der Waals surface area (Å²) < 4.78 is 16.4. The molecule has 0 saturated carbocycles. The van der Waals surface area contributed by atoms with Crippen molar-refractivity contribution in [3.05, 3.63) is 98.4 Å². The van der Waals surface area contributed by atoms with Crippen LogP contribution in [0.5, 0.6) is 17.2 Å². The first-order valence-corrected chi connectivity index (χ1v) is 13.3. The smallest absolute Gasteiger partial charge is 0.254 e. The van der Waals surface area contributed by atoms with Crippen LogP contribution in [0.25, 0.3) is 0 Å². The van der Waals surface area contributed by atoms with Gasteiger partial charge >= 0.3 is 0 Å². The Morgan fingerprint density at radius 3 is 1.94 bits per heavy atom. The van der Waals surface area contributed by atoms with Crippen molar-refractivity contribution >= 4 is 28.6 Å². The fraction of sp³-hybridized carbons (Fsp3) is 0.250. The van der Waals surface area contributed by atoms with E-state index in [-0.39, 0.29) is 5.91 Å². The van der Waals surface area contributed by atoms with Gasteiger partial charge in [-0.3, -0.25) is 4.79 Å². The van der Waals surface area contributed by atoms with Crippen LogP contribution in [0.3, 0.4) is 0 Å². The number of carbonyl (C=O) groups excluding carboxylic acids is 1. The van der Waals surface area contributed by atoms with E-state index >= 15 is 0 Å². The summed E-state index contributed by atoms with van der Waals surface area (Å²) >= 11 is 3.08. The van der Waals surface area contributed by atoms with Gasteiger partial charge in [0.2, 0.25) is 5.75 Å². The van der Waals surface area contributed by atoms with Gasteiger partial charge in [0.05, 0.1) is 21.3 Å². The summed E-state index contributed by atoms with van der Waals surface area (Å²) in [6.45, 7) is 0.715. The zero-order chi connectivity index (χ0) is 25.5. The quantitative estimate of drug-likeness (QED) is 0.269. The van der Waals surface area contributed by atoms with Crippen LogP contribution < -0.4 is 14.2 Å². The molecule has 188 valence electrons. The van der Waals surface area contributed by atoms with Gasteiger partial charge in [0.15, 0.2) is 11.5 Å². The van der Waals surface area contributed by atoms with E-state index in [0.29, 0.717) is 42.3 Å². The maximum atomic E-state index is 13.9. The molecule has 2 heterocycles. The summed E-state index contributed by atoms with van der Waals surface area (Å²) in [6, 6.07) is 17.0. The minimum Gasteiger partial charge on any atom is -0.493 e. The normalized spacial score (nSPS) is 11.2. The van der Waals surface area contributed by atoms with Crippen LogP contribution in [0, 0.1) is 0 Å². The molecule has 36 heavy (non-hydrogen) atoms. The largest absolute Gasteiger partial charge is 0.493 e. The van der Waals surface area contributed by atoms with Gasteiger partial charge in [0, 0.05) is 25.1 Å². The molecule has 0 aliphatic carbocycles. The van der Waals surface area contributed by atoms with Gasteiger partial charge < -0.3 is 24.2 Å². The zero-order valence-electron chi connectivity index (χ0n) is 20.5. The predicted molar refractivity (Wildman–Crippen MR) is 144 cm³/mol. The van der Waals surface area contributed by atoms with E-state index in [2.05, 4.69) is 0 Å². The second-order valence-electron chi connectivity index (χ2n) is 8.26. The number of hydrogen-bond donors (Lipinski definition) is 1. The second kappa shape index (κ2) is 11.6. The fourth-order valence-corrected chi connectivity index (χ4v) is 5.64. The van der Waals surface area contributed by atoms with E-state index in [1.54, 1.807) is 17.0 Å². The number of rotatable bonds is 11. The molecule has 0 fully saturated rings. The molecule has 0 atom stereocenters. The maximum Gasteiger partial charge on any atom is 0.254 e. The number of aliphatic hydroxyl groups is 1. The Morgan fingerprint density at radius 1 is 0.889 bits per heavy atom. The molecular formula is C28H29NO5S2. The topological polar surface area (TPSA) is 68.2 Å². The summed E-state index contributed by atoms with van der Waals surface area (Å²) in [6.07, 6.45) is 0.337. The molecule has 2 aromatic heterocycles. The Labute approximate surface area is 219 Å². The Kier molecular flexibility index (Phi) is 8.30. The lowest BCUT2D eigenvalue weighted by atomic mass is 9.86. The maximum absolute atomic E-state index is 13.9. The number of amides is 1. The van der Waals surface area contributed by atoms with E-state index in [9.17, 15) is 9.90 Å². The van der Waals surface area contributed by atoms with Crippen LogP contribution in [-0.4, -0.2) is 43.8 Å². The number of methoxy groups -OCH3 is 3. The van der Waals surface area contributed by atoms with Crippen molar-refractivity contribution in [3.63, 3.8) is 0 Å². The van der Waals surface area contributed by atoms with Gasteiger partial charge in [-0.1, -0.05) is 30.3 Å². The highest BCUT2D eigenvalue weighted by atomic mass is 32.1. The highest BCUT2D eigenvalue weighted by molar-refractivity contribution is 7.08. The van der Waals surface area contributed by atoms with Crippen molar-refractivity contribution in [1.29, 1.82) is 0 Å². The molecule has 0 aliphatic heterocycles. The molecular weight excluding hydrogens is 494 g/mol. The minimum absolute atomic E-state index is 0.198. The summed E-state index contributed by atoms with van der Waals surface area (Å²) in [7, 11) is 4.57. The molecule has 0 bridgehead atoms. The van der Waals surface area contributed by atoms with Crippen molar-refractivity contribution < 1.29 is 24.1 Å². The Balaban J connectivity index is 1.68. The molecule has 0 saturated heterocycles. The van der Waals surface area contributed by atoms with E-state index in [0.717, 1.165) is 16.7 Å². The van der Waals surface area contributed by atoms with Crippen molar-refractivity contribution in [1.82, 2.24) is 4.90 Å². The van der Waals surface area contributed by atoms with Crippen LogP contribution in [0.1, 0.15) is 33.5 Å². The third-order valence-electron chi connectivity index (χ3n) is 6.16. The molecule has 2 aromatic carbocycles. The SMILES string of the molecule is COc1cc(C(=O)N(CCC(O)(c2ccsc2)c2ccsc2)Cc2ccccc2)cc(OC)c1OC. The number of nitrogens with zero attached hydrogens (tertiary/aromatic N) is 1. The first-order valence-electron chi connectivity index (χ1n) is 11.4. The molecule has 8 heteroatoms. The molecule has 6 nitrogen and oxygen atoms in total. The molecule has 0 aliphatic rings. The van der Waals surface area contributed by atoms with E-state index in [1.807, 2.05) is 64.0 Å². The number of benzene rings is 2. The Morgan fingerprint density at radius 2 is 1.47 bits per heavy atom. The Hall–Kier alpha value is -3.33. The van der Waals surface area contributed by atoms with Crippen LogP contribution >= 0.6 is 22.7 Å². The average Bonchev–Trinajstić information content (AvgIpc) is 3.65. The standard InChI is InChI=1S/C28H29NO5S2/c1-32-24-15-21(16-25(33-2)26(24)34-3)27(30)29(17-20-7-5-4-6-8-20)12-11-28(31,22-9-13-35-18-22)23-10-14-36-19-23/h4-10,13-16,18-19,31H,11-12,17H2,1-3H3. The summed E-state index contributed by atoms with van der Waals surface area (Å²) in [5.74, 6) is 1.05. The Bertz CT molecular complexity index is 1200. The van der Waals surface area contributed by atoms with Crippen LogP contribution in [-0.2, 0) is 12.1 Å². The molecule has 0 unspecified atom stereocenters. The first kappa shape index (κ1) is 25.8. The van der Waals surface area contributed by atoms with Crippen molar-refractivity contribution in [2.24, 2.45) is 0 Å². The monoisotopic (exact) mass is 523 g/mol. The van der Waals surface area contributed by atoms with Gasteiger partial charge in [0.1, 0.15) is 5.60 Å². The third kappa shape index (κ3) is 5.41. The summed E-state index contributed by atoms with van der Waals surface area (Å²) in [5, 5.41) is 19.7. The minimum atomic E-state index is -1.20. The fourth-order valence-electron chi connectivity index (χ4n) is 4.20. The molecule has 0 radical (unpaired) electrons. The third-order valence-corrected chi connectivity index (χ3v) is 7.52. The van der Waals surface area contributed by atoms with Crippen molar-refractivity contribution in [2.75, 3.05) is 27.9 Å². The summed E-state index contributed by atoms with van der Waals surface area (Å²) in [4.78, 5) is 15.6. The highest BCUT2D eigenvalue weighted by Crippen LogP contribution is 2.39. The lowest BCUT2D eigenvalue weighted by Crippen LogP contribution is -2.37. The average molecular weight is 524 g/mol. The molecule has 0 spiro atoms. The number of hydrogen-bond acceptors (Lipinski definition) is 7. The van der Waals surface area contributed by atoms with Crippen LogP contribution in [0.4, 0.5) is 0 Å². The molecule has 1 amide bonds. The number of ether oxygens (including phenoxy) is 3. The first-order chi connectivity index (χ1) is 17.5. The van der Waals surface area contributed by atoms with Gasteiger partial charge in [0.25, 0.3) is 5.91 Å². The molecule has 4 aromatic rings. The van der Waals surface area contributed by atoms with Gasteiger partial charge in [-0.2, -0.15) is 22.7 Å². The number of carbonyl (C=O) groups is 1. The van der Waals surface area contributed by atoms with E-state index < -0.39 is 5.60 Å². The van der Waals surface area contributed by atoms with Crippen LogP contribution in [0.15, 0.2) is 76.1 Å². The lowest BCUT2D eigenvalue weighted by Gasteiger charge is -2.31. The van der Waals surface area contributed by atoms with Gasteiger partial charge in [-0.25, -0.2) is 0 Å². The predicted octanol–water partition coefficient (Wildman–Crippen LogP) is 5.80. The number of thiophene rings is 2. The van der Waals surface area contributed by atoms with E-state index in [1.165, 1.54) is 44.0 Å². The lowest BCUT2D eigenvalue weighted by molar-refractivity contribution is 0.0492. The van der Waals surface area contributed by atoms with Crippen molar-refractivity contribution in [3.8, 4) is 17.2 Å². The molecule has 1 N–H and O–H groups in total. The zero-order valence-corrected chi connectivity index (χ0v) is 22.1. The molecule has 4 rings (SSSR count). The van der Waals surface area contributed by atoms with Crippen LogP contribution in [0.2, 0.25) is 0 Å². The highest BCUT2D eigenvalue weighted by Gasteiger charge is 2.34. The summed E-state index contributed by atoms with van der Waals surface area (Å²) in [5.41, 5.74) is 1.85. The second-order valence-corrected chi connectivity index (χ2v) is 9.82.